The lowest BCUT2D eigenvalue weighted by Crippen LogP contribution is -2.18. The van der Waals surface area contributed by atoms with Gasteiger partial charge in [-0.2, -0.15) is 9.37 Å². The van der Waals surface area contributed by atoms with Crippen molar-refractivity contribution >= 4 is 5.84 Å². The minimum Gasteiger partial charge on any atom is -0.314 e. The summed E-state index contributed by atoms with van der Waals surface area (Å²) in [6.45, 7) is 0. The molecule has 19 heavy (non-hydrogen) atoms. The van der Waals surface area contributed by atoms with Crippen molar-refractivity contribution in [2.75, 3.05) is 0 Å². The molecule has 2 heterocycles. The minimum absolute atomic E-state index is 0.315. The highest BCUT2D eigenvalue weighted by atomic mass is 19.2. The molecule has 96 valence electrons. The number of fused-ring (bicyclic) bond motifs is 1. The second-order valence-electron chi connectivity index (χ2n) is 3.64. The standard InChI is InChI=1S/C11H4F3N3O2/c12-6-3-1-2-5(8(6)14)9-16-19-11-15-4-7(13)10(18)17(9)11/h1-4H. The first kappa shape index (κ1) is 11.5. The van der Waals surface area contributed by atoms with E-state index in [0.717, 1.165) is 6.07 Å². The fourth-order valence-corrected chi connectivity index (χ4v) is 1.64. The van der Waals surface area contributed by atoms with Gasteiger partial charge in [0.15, 0.2) is 17.5 Å². The summed E-state index contributed by atoms with van der Waals surface area (Å²) in [6, 6.07) is 3.32. The Labute approximate surface area is 102 Å². The molecule has 3 aromatic rings. The molecule has 0 amide bonds. The van der Waals surface area contributed by atoms with E-state index < -0.39 is 23.0 Å². The van der Waals surface area contributed by atoms with Crippen LogP contribution in [0.25, 0.3) is 17.2 Å². The molecule has 3 rings (SSSR count). The topological polar surface area (TPSA) is 60.4 Å². The fraction of sp³-hybridized carbons (Fsp3) is 0. The maximum Gasteiger partial charge on any atom is 0.335 e. The summed E-state index contributed by atoms with van der Waals surface area (Å²) in [5.41, 5.74) is -1.43. The van der Waals surface area contributed by atoms with E-state index in [-0.39, 0.29) is 17.2 Å². The van der Waals surface area contributed by atoms with Crippen LogP contribution < -0.4 is 5.56 Å². The zero-order valence-electron chi connectivity index (χ0n) is 9.10. The molecule has 1 aromatic carbocycles. The van der Waals surface area contributed by atoms with Gasteiger partial charge in [0.05, 0.1) is 11.8 Å². The van der Waals surface area contributed by atoms with Crippen LogP contribution >= 0.6 is 0 Å². The largest absolute Gasteiger partial charge is 0.335 e. The molecule has 8 heteroatoms. The van der Waals surface area contributed by atoms with Gasteiger partial charge in [-0.25, -0.2) is 13.2 Å². The Kier molecular flexibility index (Phi) is 2.37. The van der Waals surface area contributed by atoms with Gasteiger partial charge in [0.1, 0.15) is 0 Å². The Morgan fingerprint density at radius 1 is 1.16 bits per heavy atom. The predicted molar refractivity (Wildman–Crippen MR) is 56.8 cm³/mol. The SMILES string of the molecule is O=c1c(F)cnc2onc(-c3cccc(F)c3F)n12. The molecule has 0 saturated heterocycles. The average molecular weight is 267 g/mol. The molecule has 0 fully saturated rings. The number of aromatic nitrogens is 3. The molecular weight excluding hydrogens is 263 g/mol. The summed E-state index contributed by atoms with van der Waals surface area (Å²) >= 11 is 0. The minimum atomic E-state index is -1.21. The van der Waals surface area contributed by atoms with Crippen molar-refractivity contribution in [3.63, 3.8) is 0 Å². The second-order valence-corrected chi connectivity index (χ2v) is 3.64. The molecule has 0 spiro atoms. The summed E-state index contributed by atoms with van der Waals surface area (Å²) in [5, 5.41) is 3.42. The van der Waals surface area contributed by atoms with E-state index in [9.17, 15) is 18.0 Å². The maximum atomic E-state index is 13.6. The number of benzene rings is 1. The molecular formula is C11H4F3N3O2. The van der Waals surface area contributed by atoms with Gasteiger partial charge < -0.3 is 4.52 Å². The fourth-order valence-electron chi connectivity index (χ4n) is 1.64. The Bertz CT molecular complexity index is 841. The van der Waals surface area contributed by atoms with Crippen molar-refractivity contribution in [3.05, 3.63) is 52.2 Å². The summed E-state index contributed by atoms with van der Waals surface area (Å²) in [4.78, 5) is 15.1. The summed E-state index contributed by atoms with van der Waals surface area (Å²) < 4.78 is 45.3. The highest BCUT2D eigenvalue weighted by Crippen LogP contribution is 2.22. The Balaban J connectivity index is 2.41. The lowest BCUT2D eigenvalue weighted by Gasteiger charge is -2.00. The molecule has 0 unspecified atom stereocenters. The van der Waals surface area contributed by atoms with E-state index in [4.69, 9.17) is 0 Å². The van der Waals surface area contributed by atoms with Crippen LogP contribution in [0, 0.1) is 17.5 Å². The molecule has 0 bridgehead atoms. The smallest absolute Gasteiger partial charge is 0.314 e. The normalized spacial score (nSPS) is 11.1. The van der Waals surface area contributed by atoms with E-state index in [1.807, 2.05) is 0 Å². The van der Waals surface area contributed by atoms with Crippen LogP contribution in [0.4, 0.5) is 13.2 Å². The third-order valence-corrected chi connectivity index (χ3v) is 2.51. The highest BCUT2D eigenvalue weighted by molar-refractivity contribution is 5.58. The number of halogens is 3. The van der Waals surface area contributed by atoms with Crippen LogP contribution in [-0.4, -0.2) is 14.5 Å². The van der Waals surface area contributed by atoms with Gasteiger partial charge in [0.2, 0.25) is 5.82 Å². The van der Waals surface area contributed by atoms with Crippen molar-refractivity contribution in [1.82, 2.24) is 14.5 Å². The summed E-state index contributed by atoms with van der Waals surface area (Å²) in [7, 11) is 0. The quantitative estimate of drug-likeness (QED) is 0.674. The van der Waals surface area contributed by atoms with Gasteiger partial charge in [0, 0.05) is 0 Å². The summed E-state index contributed by atoms with van der Waals surface area (Å²) in [5.74, 6) is -4.16. The van der Waals surface area contributed by atoms with Gasteiger partial charge in [-0.1, -0.05) is 11.2 Å². The average Bonchev–Trinajstić information content (AvgIpc) is 2.82. The first-order valence-electron chi connectivity index (χ1n) is 5.07. The van der Waals surface area contributed by atoms with Crippen molar-refractivity contribution in [2.24, 2.45) is 0 Å². The number of hydrogen-bond acceptors (Lipinski definition) is 4. The van der Waals surface area contributed by atoms with E-state index >= 15 is 0 Å². The van der Waals surface area contributed by atoms with Gasteiger partial charge in [-0.05, 0) is 12.1 Å². The molecule has 0 aliphatic rings. The van der Waals surface area contributed by atoms with E-state index in [0.29, 0.717) is 10.6 Å². The van der Waals surface area contributed by atoms with Gasteiger partial charge in [-0.3, -0.25) is 4.79 Å². The van der Waals surface area contributed by atoms with E-state index in [1.165, 1.54) is 12.1 Å². The predicted octanol–water partition coefficient (Wildman–Crippen LogP) is 1.77. The Hall–Kier alpha value is -2.64. The molecule has 0 saturated carbocycles. The lowest BCUT2D eigenvalue weighted by atomic mass is 10.2. The van der Waals surface area contributed by atoms with Gasteiger partial charge in [0.25, 0.3) is 5.56 Å². The third-order valence-electron chi connectivity index (χ3n) is 2.51. The molecule has 0 aliphatic heterocycles. The first-order valence-corrected chi connectivity index (χ1v) is 5.07. The summed E-state index contributed by atoms with van der Waals surface area (Å²) in [6.07, 6.45) is 0.661. The maximum absolute atomic E-state index is 13.6. The molecule has 2 aromatic heterocycles. The zero-order valence-corrected chi connectivity index (χ0v) is 9.10. The van der Waals surface area contributed by atoms with Crippen LogP contribution in [0.15, 0.2) is 33.7 Å². The van der Waals surface area contributed by atoms with Crippen molar-refractivity contribution in [3.8, 4) is 11.4 Å². The van der Waals surface area contributed by atoms with Gasteiger partial charge >= 0.3 is 5.84 Å². The lowest BCUT2D eigenvalue weighted by molar-refractivity contribution is 0.445. The highest BCUT2D eigenvalue weighted by Gasteiger charge is 2.19. The van der Waals surface area contributed by atoms with Crippen molar-refractivity contribution < 1.29 is 17.7 Å². The van der Waals surface area contributed by atoms with E-state index in [2.05, 4.69) is 14.7 Å². The third kappa shape index (κ3) is 1.60. The second kappa shape index (κ2) is 3.94. The molecule has 0 aliphatic carbocycles. The van der Waals surface area contributed by atoms with Crippen LogP contribution in [0.2, 0.25) is 0 Å². The first-order chi connectivity index (χ1) is 9.09. The van der Waals surface area contributed by atoms with E-state index in [1.54, 1.807) is 0 Å². The Morgan fingerprint density at radius 2 is 1.95 bits per heavy atom. The molecule has 0 atom stereocenters. The monoisotopic (exact) mass is 267 g/mol. The molecule has 0 N–H and O–H groups in total. The number of hydrogen-bond donors (Lipinski definition) is 0. The Morgan fingerprint density at radius 3 is 2.74 bits per heavy atom. The van der Waals surface area contributed by atoms with Gasteiger partial charge in [-0.15, -0.1) is 0 Å². The van der Waals surface area contributed by atoms with Crippen molar-refractivity contribution in [2.45, 2.75) is 0 Å². The van der Waals surface area contributed by atoms with Crippen LogP contribution in [0.3, 0.4) is 0 Å². The van der Waals surface area contributed by atoms with Crippen LogP contribution in [0.1, 0.15) is 0 Å². The number of nitrogens with zero attached hydrogens (tertiary/aromatic N) is 3. The zero-order chi connectivity index (χ0) is 13.6. The molecule has 5 nitrogen and oxygen atoms in total. The van der Waals surface area contributed by atoms with Crippen molar-refractivity contribution in [1.29, 1.82) is 0 Å². The number of rotatable bonds is 1. The van der Waals surface area contributed by atoms with Crippen LogP contribution in [-0.2, 0) is 0 Å². The molecule has 0 radical (unpaired) electrons. The van der Waals surface area contributed by atoms with Crippen LogP contribution in [0.5, 0.6) is 0 Å².